The first-order valence-corrected chi connectivity index (χ1v) is 10.9. The summed E-state index contributed by atoms with van der Waals surface area (Å²) in [5.41, 5.74) is 6.44. The maximum atomic E-state index is 12.6. The molecule has 0 saturated heterocycles. The molecule has 32 heavy (non-hydrogen) atoms. The van der Waals surface area contributed by atoms with Crippen molar-refractivity contribution in [1.82, 2.24) is 15.0 Å². The van der Waals surface area contributed by atoms with Gasteiger partial charge in [0.05, 0.1) is 28.8 Å². The van der Waals surface area contributed by atoms with Crippen LogP contribution >= 0.6 is 0 Å². The fourth-order valence-corrected chi connectivity index (χ4v) is 3.84. The summed E-state index contributed by atoms with van der Waals surface area (Å²) in [6, 6.07) is 16.0. The van der Waals surface area contributed by atoms with Crippen molar-refractivity contribution in [2.45, 2.75) is 38.6 Å². The average Bonchev–Trinajstić information content (AvgIpc) is 3.64. The number of rotatable bonds is 6. The summed E-state index contributed by atoms with van der Waals surface area (Å²) in [6.07, 6.45) is 7.60. The Morgan fingerprint density at radius 1 is 1.03 bits per heavy atom. The van der Waals surface area contributed by atoms with E-state index in [1.807, 2.05) is 37.3 Å². The SMILES string of the molecule is Cc1cncc(C(=O)Nc2cccc([C@H](C)Nc3cnc4ccc(C5CC5)cc4n3)c2)c1. The lowest BCUT2D eigenvalue weighted by Gasteiger charge is -2.16. The molecular weight excluding hydrogens is 398 g/mol. The third-order valence-corrected chi connectivity index (χ3v) is 5.76. The topological polar surface area (TPSA) is 79.8 Å². The Bertz CT molecular complexity index is 1300. The molecule has 4 aromatic rings. The van der Waals surface area contributed by atoms with E-state index in [9.17, 15) is 4.79 Å². The lowest BCUT2D eigenvalue weighted by atomic mass is 10.1. The Labute approximate surface area is 187 Å². The first-order valence-electron chi connectivity index (χ1n) is 10.9. The van der Waals surface area contributed by atoms with E-state index in [0.717, 1.165) is 33.7 Å². The van der Waals surface area contributed by atoms with E-state index in [-0.39, 0.29) is 11.9 Å². The molecule has 1 aliphatic rings. The number of nitrogens with zero attached hydrogens (tertiary/aromatic N) is 3. The molecule has 1 fully saturated rings. The zero-order valence-electron chi connectivity index (χ0n) is 18.2. The van der Waals surface area contributed by atoms with Gasteiger partial charge in [-0.2, -0.15) is 0 Å². The molecule has 1 aliphatic carbocycles. The van der Waals surface area contributed by atoms with Gasteiger partial charge in [-0.1, -0.05) is 18.2 Å². The number of aryl methyl sites for hydroxylation is 1. The van der Waals surface area contributed by atoms with E-state index >= 15 is 0 Å². The number of aromatic nitrogens is 3. The van der Waals surface area contributed by atoms with Crippen molar-refractivity contribution < 1.29 is 4.79 Å². The highest BCUT2D eigenvalue weighted by atomic mass is 16.1. The Balaban J connectivity index is 1.31. The Kier molecular flexibility index (Phi) is 5.27. The van der Waals surface area contributed by atoms with Crippen LogP contribution < -0.4 is 10.6 Å². The average molecular weight is 424 g/mol. The smallest absolute Gasteiger partial charge is 0.257 e. The van der Waals surface area contributed by atoms with Crippen molar-refractivity contribution in [3.05, 3.63) is 89.4 Å². The Morgan fingerprint density at radius 3 is 2.72 bits per heavy atom. The van der Waals surface area contributed by atoms with Crippen LogP contribution in [0.5, 0.6) is 0 Å². The normalized spacial score (nSPS) is 14.2. The highest BCUT2D eigenvalue weighted by molar-refractivity contribution is 6.04. The number of amides is 1. The van der Waals surface area contributed by atoms with Gasteiger partial charge < -0.3 is 10.6 Å². The highest BCUT2D eigenvalue weighted by Crippen LogP contribution is 2.40. The van der Waals surface area contributed by atoms with Gasteiger partial charge in [0.25, 0.3) is 5.91 Å². The second-order valence-corrected chi connectivity index (χ2v) is 8.47. The van der Waals surface area contributed by atoms with Crippen LogP contribution in [0.4, 0.5) is 11.5 Å². The second kappa shape index (κ2) is 8.38. The summed E-state index contributed by atoms with van der Waals surface area (Å²) in [5, 5.41) is 6.39. The molecule has 1 saturated carbocycles. The lowest BCUT2D eigenvalue weighted by Crippen LogP contribution is -2.13. The van der Waals surface area contributed by atoms with Crippen LogP contribution in [0.3, 0.4) is 0 Å². The highest BCUT2D eigenvalue weighted by Gasteiger charge is 2.23. The number of nitrogens with one attached hydrogen (secondary N) is 2. The maximum absolute atomic E-state index is 12.6. The standard InChI is InChI=1S/C26H25N5O/c1-16-10-21(14-27-13-16)26(32)30-22-5-3-4-19(11-22)17(2)29-25-15-28-23-9-8-20(18-6-7-18)12-24(23)31-25/h3-5,8-15,17-18H,6-7H2,1-2H3,(H,29,31)(H,30,32)/t17-/m0/s1. The summed E-state index contributed by atoms with van der Waals surface area (Å²) >= 11 is 0. The van der Waals surface area contributed by atoms with E-state index in [1.54, 1.807) is 18.6 Å². The van der Waals surface area contributed by atoms with Crippen molar-refractivity contribution >= 4 is 28.4 Å². The van der Waals surface area contributed by atoms with Crippen LogP contribution in [0.25, 0.3) is 11.0 Å². The molecule has 1 amide bonds. The predicted molar refractivity (Wildman–Crippen MR) is 127 cm³/mol. The van der Waals surface area contributed by atoms with Crippen molar-refractivity contribution in [2.75, 3.05) is 10.6 Å². The number of fused-ring (bicyclic) bond motifs is 1. The van der Waals surface area contributed by atoms with Gasteiger partial charge >= 0.3 is 0 Å². The molecule has 2 N–H and O–H groups in total. The summed E-state index contributed by atoms with van der Waals surface area (Å²) in [5.74, 6) is 1.24. The summed E-state index contributed by atoms with van der Waals surface area (Å²) < 4.78 is 0. The molecule has 2 heterocycles. The van der Waals surface area contributed by atoms with Crippen LogP contribution in [-0.2, 0) is 0 Å². The molecule has 1 atom stereocenters. The van der Waals surface area contributed by atoms with Crippen molar-refractivity contribution in [2.24, 2.45) is 0 Å². The van der Waals surface area contributed by atoms with Crippen LogP contribution in [-0.4, -0.2) is 20.9 Å². The molecule has 5 rings (SSSR count). The quantitative estimate of drug-likeness (QED) is 0.420. The van der Waals surface area contributed by atoms with E-state index in [1.165, 1.54) is 18.4 Å². The molecule has 160 valence electrons. The summed E-state index contributed by atoms with van der Waals surface area (Å²) in [4.78, 5) is 26.0. The molecule has 2 aromatic heterocycles. The molecular formula is C26H25N5O. The van der Waals surface area contributed by atoms with Crippen LogP contribution in [0.2, 0.25) is 0 Å². The van der Waals surface area contributed by atoms with Gasteiger partial charge in [0.2, 0.25) is 0 Å². The van der Waals surface area contributed by atoms with E-state index < -0.39 is 0 Å². The van der Waals surface area contributed by atoms with Gasteiger partial charge in [-0.15, -0.1) is 0 Å². The van der Waals surface area contributed by atoms with Gasteiger partial charge in [0, 0.05) is 18.1 Å². The number of carbonyl (C=O) groups excluding carboxylic acids is 1. The van der Waals surface area contributed by atoms with Gasteiger partial charge in [0.15, 0.2) is 0 Å². The predicted octanol–water partition coefficient (Wildman–Crippen LogP) is 5.64. The molecule has 0 radical (unpaired) electrons. The fraction of sp³-hybridized carbons (Fsp3) is 0.231. The Morgan fingerprint density at radius 2 is 1.91 bits per heavy atom. The van der Waals surface area contributed by atoms with E-state index in [2.05, 4.69) is 45.7 Å². The first kappa shape index (κ1) is 20.1. The second-order valence-electron chi connectivity index (χ2n) is 8.47. The number of benzene rings is 2. The van der Waals surface area contributed by atoms with Crippen LogP contribution in [0, 0.1) is 6.92 Å². The molecule has 0 aliphatic heterocycles. The monoisotopic (exact) mass is 423 g/mol. The van der Waals surface area contributed by atoms with Crippen LogP contribution in [0.1, 0.15) is 58.8 Å². The molecule has 6 nitrogen and oxygen atoms in total. The lowest BCUT2D eigenvalue weighted by molar-refractivity contribution is 0.102. The van der Waals surface area contributed by atoms with Gasteiger partial charge in [-0.05, 0) is 79.6 Å². The molecule has 2 aromatic carbocycles. The largest absolute Gasteiger partial charge is 0.362 e. The molecule has 0 spiro atoms. The van der Waals surface area contributed by atoms with Crippen molar-refractivity contribution in [3.63, 3.8) is 0 Å². The molecule has 0 unspecified atom stereocenters. The third kappa shape index (κ3) is 4.44. The zero-order chi connectivity index (χ0) is 22.1. The molecule has 0 bridgehead atoms. The van der Waals surface area contributed by atoms with Gasteiger partial charge in [-0.3, -0.25) is 14.8 Å². The summed E-state index contributed by atoms with van der Waals surface area (Å²) in [6.45, 7) is 3.98. The van der Waals surface area contributed by atoms with Gasteiger partial charge in [-0.25, -0.2) is 4.98 Å². The van der Waals surface area contributed by atoms with E-state index in [4.69, 9.17) is 4.98 Å². The number of hydrogen-bond acceptors (Lipinski definition) is 5. The fourth-order valence-electron chi connectivity index (χ4n) is 3.84. The summed E-state index contributed by atoms with van der Waals surface area (Å²) in [7, 11) is 0. The number of carbonyl (C=O) groups is 1. The maximum Gasteiger partial charge on any atom is 0.257 e. The van der Waals surface area contributed by atoms with Crippen molar-refractivity contribution in [1.29, 1.82) is 0 Å². The van der Waals surface area contributed by atoms with E-state index in [0.29, 0.717) is 11.5 Å². The molecule has 6 heteroatoms. The first-order chi connectivity index (χ1) is 15.5. The minimum atomic E-state index is -0.175. The minimum absolute atomic E-state index is 0.00847. The van der Waals surface area contributed by atoms with Crippen LogP contribution in [0.15, 0.2) is 67.1 Å². The number of anilines is 2. The zero-order valence-corrected chi connectivity index (χ0v) is 18.2. The van der Waals surface area contributed by atoms with Gasteiger partial charge in [0.1, 0.15) is 5.82 Å². The van der Waals surface area contributed by atoms with Crippen molar-refractivity contribution in [3.8, 4) is 0 Å². The Hall–Kier alpha value is -3.80. The third-order valence-electron chi connectivity index (χ3n) is 5.76. The minimum Gasteiger partial charge on any atom is -0.362 e. The number of hydrogen-bond donors (Lipinski definition) is 2. The number of pyridine rings is 1.